The minimum absolute atomic E-state index is 0.206. The van der Waals surface area contributed by atoms with E-state index >= 15 is 0 Å². The number of rotatable bonds is 4. The molecule has 0 saturated carbocycles. The van der Waals surface area contributed by atoms with E-state index in [9.17, 15) is 8.42 Å². The first-order valence-corrected chi connectivity index (χ1v) is 9.10. The minimum Gasteiger partial charge on any atom is -0.398 e. The van der Waals surface area contributed by atoms with Crippen molar-refractivity contribution in [2.75, 3.05) is 5.73 Å². The molecule has 0 unspecified atom stereocenters. The predicted octanol–water partition coefficient (Wildman–Crippen LogP) is 3.19. The van der Waals surface area contributed by atoms with Crippen molar-refractivity contribution in [3.05, 3.63) is 44.1 Å². The molecule has 2 aromatic rings. The third kappa shape index (κ3) is 3.22. The van der Waals surface area contributed by atoms with Crippen molar-refractivity contribution in [2.45, 2.75) is 25.3 Å². The number of thiophene rings is 1. The number of halogens is 1. The summed E-state index contributed by atoms with van der Waals surface area (Å²) in [5, 5.41) is 3.94. The van der Waals surface area contributed by atoms with Crippen LogP contribution in [-0.2, 0) is 16.6 Å². The highest BCUT2D eigenvalue weighted by Gasteiger charge is 2.19. The molecule has 0 radical (unpaired) electrons. The molecule has 0 aliphatic rings. The first kappa shape index (κ1) is 15.5. The summed E-state index contributed by atoms with van der Waals surface area (Å²) in [5.41, 5.74) is 8.89. The van der Waals surface area contributed by atoms with Crippen LogP contribution in [0.25, 0.3) is 0 Å². The third-order valence-corrected chi connectivity index (χ3v) is 5.96. The Balaban J connectivity index is 2.29. The second-order valence-corrected chi connectivity index (χ2v) is 7.92. The fraction of sp³-hybridized carbons (Fsp3) is 0.231. The SMILES string of the molecule is Cc1cscc1CNS(=O)(=O)c1cc(Br)cc(N)c1C. The van der Waals surface area contributed by atoms with E-state index in [-0.39, 0.29) is 11.4 Å². The summed E-state index contributed by atoms with van der Waals surface area (Å²) in [7, 11) is -3.58. The molecule has 3 N–H and O–H groups in total. The van der Waals surface area contributed by atoms with E-state index in [1.54, 1.807) is 30.4 Å². The standard InChI is InChI=1S/C13H15BrN2O2S2/c1-8-6-19-7-10(8)5-16-20(17,18)13-4-11(14)3-12(15)9(13)2/h3-4,6-7,16H,5,15H2,1-2H3. The maximum Gasteiger partial charge on any atom is 0.241 e. The molecule has 0 amide bonds. The molecule has 4 nitrogen and oxygen atoms in total. The molecule has 1 aromatic heterocycles. The summed E-state index contributed by atoms with van der Waals surface area (Å²) >= 11 is 4.83. The Kier molecular flexibility index (Phi) is 4.53. The van der Waals surface area contributed by atoms with E-state index in [2.05, 4.69) is 20.7 Å². The van der Waals surface area contributed by atoms with Crippen LogP contribution in [0, 0.1) is 13.8 Å². The van der Waals surface area contributed by atoms with Gasteiger partial charge in [-0.3, -0.25) is 0 Å². The van der Waals surface area contributed by atoms with Crippen molar-refractivity contribution in [3.8, 4) is 0 Å². The van der Waals surface area contributed by atoms with Crippen LogP contribution in [0.1, 0.15) is 16.7 Å². The molecule has 1 aromatic carbocycles. The average Bonchev–Trinajstić information content (AvgIpc) is 2.77. The Bertz CT molecular complexity index is 739. The summed E-state index contributed by atoms with van der Waals surface area (Å²) in [5.74, 6) is 0. The normalized spacial score (nSPS) is 11.8. The molecule has 0 saturated heterocycles. The van der Waals surface area contributed by atoms with Crippen LogP contribution in [0.2, 0.25) is 0 Å². The van der Waals surface area contributed by atoms with Gasteiger partial charge in [-0.2, -0.15) is 11.3 Å². The maximum absolute atomic E-state index is 12.4. The number of nitrogen functional groups attached to an aromatic ring is 1. The lowest BCUT2D eigenvalue weighted by molar-refractivity contribution is 0.580. The van der Waals surface area contributed by atoms with E-state index in [1.807, 2.05) is 17.7 Å². The van der Waals surface area contributed by atoms with Gasteiger partial charge in [0.15, 0.2) is 0 Å². The number of nitrogens with two attached hydrogens (primary N) is 1. The molecular formula is C13H15BrN2O2S2. The number of hydrogen-bond acceptors (Lipinski definition) is 4. The van der Waals surface area contributed by atoms with Gasteiger partial charge in [0.1, 0.15) is 0 Å². The van der Waals surface area contributed by atoms with Gasteiger partial charge >= 0.3 is 0 Å². The third-order valence-electron chi connectivity index (χ3n) is 3.07. The van der Waals surface area contributed by atoms with Crippen molar-refractivity contribution in [2.24, 2.45) is 0 Å². The monoisotopic (exact) mass is 374 g/mol. The lowest BCUT2D eigenvalue weighted by Gasteiger charge is -2.11. The van der Waals surface area contributed by atoms with Crippen LogP contribution >= 0.6 is 27.3 Å². The van der Waals surface area contributed by atoms with Gasteiger partial charge in [-0.15, -0.1) is 0 Å². The molecule has 108 valence electrons. The number of hydrogen-bond donors (Lipinski definition) is 2. The van der Waals surface area contributed by atoms with Crippen molar-refractivity contribution in [1.82, 2.24) is 4.72 Å². The van der Waals surface area contributed by atoms with Crippen LogP contribution < -0.4 is 10.5 Å². The quantitative estimate of drug-likeness (QED) is 0.807. The van der Waals surface area contributed by atoms with E-state index in [1.165, 1.54) is 0 Å². The van der Waals surface area contributed by atoms with Gasteiger partial charge in [-0.25, -0.2) is 13.1 Å². The van der Waals surface area contributed by atoms with E-state index < -0.39 is 10.0 Å². The molecule has 0 aliphatic carbocycles. The smallest absolute Gasteiger partial charge is 0.241 e. The molecular weight excluding hydrogens is 360 g/mol. The summed E-state index contributed by atoms with van der Waals surface area (Å²) in [6, 6.07) is 3.26. The molecule has 0 aliphatic heterocycles. The number of sulfonamides is 1. The van der Waals surface area contributed by atoms with Gasteiger partial charge in [0.05, 0.1) is 4.90 Å². The zero-order valence-electron chi connectivity index (χ0n) is 11.1. The van der Waals surface area contributed by atoms with Crippen LogP contribution in [0.3, 0.4) is 0 Å². The fourth-order valence-electron chi connectivity index (χ4n) is 1.77. The number of benzene rings is 1. The van der Waals surface area contributed by atoms with E-state index in [0.717, 1.165) is 11.1 Å². The van der Waals surface area contributed by atoms with Gasteiger partial charge in [0, 0.05) is 16.7 Å². The summed E-state index contributed by atoms with van der Waals surface area (Å²) in [6.07, 6.45) is 0. The van der Waals surface area contributed by atoms with Gasteiger partial charge in [-0.1, -0.05) is 15.9 Å². The second kappa shape index (κ2) is 5.85. The first-order chi connectivity index (χ1) is 9.31. The van der Waals surface area contributed by atoms with Gasteiger partial charge in [0.25, 0.3) is 0 Å². The highest BCUT2D eigenvalue weighted by Crippen LogP contribution is 2.26. The Morgan fingerprint density at radius 2 is 2.00 bits per heavy atom. The second-order valence-electron chi connectivity index (χ2n) is 4.52. The highest BCUT2D eigenvalue weighted by atomic mass is 79.9. The Labute approximate surface area is 131 Å². The Morgan fingerprint density at radius 1 is 1.30 bits per heavy atom. The zero-order chi connectivity index (χ0) is 14.9. The lowest BCUT2D eigenvalue weighted by Crippen LogP contribution is -2.24. The lowest BCUT2D eigenvalue weighted by atomic mass is 10.2. The molecule has 0 bridgehead atoms. The Morgan fingerprint density at radius 3 is 2.60 bits per heavy atom. The van der Waals surface area contributed by atoms with Crippen molar-refractivity contribution < 1.29 is 8.42 Å². The van der Waals surface area contributed by atoms with Crippen LogP contribution in [0.4, 0.5) is 5.69 Å². The van der Waals surface area contributed by atoms with Gasteiger partial charge in [-0.05, 0) is 53.4 Å². The zero-order valence-corrected chi connectivity index (χ0v) is 14.3. The topological polar surface area (TPSA) is 72.2 Å². The van der Waals surface area contributed by atoms with E-state index in [4.69, 9.17) is 5.73 Å². The van der Waals surface area contributed by atoms with Crippen molar-refractivity contribution >= 4 is 43.0 Å². The van der Waals surface area contributed by atoms with Crippen LogP contribution in [0.15, 0.2) is 32.3 Å². The minimum atomic E-state index is -3.58. The molecule has 2 rings (SSSR count). The van der Waals surface area contributed by atoms with Gasteiger partial charge in [0.2, 0.25) is 10.0 Å². The predicted molar refractivity (Wildman–Crippen MR) is 86.4 cm³/mol. The average molecular weight is 375 g/mol. The molecule has 0 atom stereocenters. The summed E-state index contributed by atoms with van der Waals surface area (Å²) in [4.78, 5) is 0.206. The van der Waals surface area contributed by atoms with Gasteiger partial charge < -0.3 is 5.73 Å². The highest BCUT2D eigenvalue weighted by molar-refractivity contribution is 9.10. The fourth-order valence-corrected chi connectivity index (χ4v) is 4.56. The Hall–Kier alpha value is -0.890. The number of nitrogens with one attached hydrogen (secondary N) is 1. The number of anilines is 1. The molecule has 20 heavy (non-hydrogen) atoms. The summed E-state index contributed by atoms with van der Waals surface area (Å²) < 4.78 is 28.0. The molecule has 7 heteroatoms. The molecule has 0 fully saturated rings. The maximum atomic E-state index is 12.4. The van der Waals surface area contributed by atoms with Crippen molar-refractivity contribution in [1.29, 1.82) is 0 Å². The van der Waals surface area contributed by atoms with Crippen LogP contribution in [0.5, 0.6) is 0 Å². The molecule has 0 spiro atoms. The summed E-state index contributed by atoms with van der Waals surface area (Å²) in [6.45, 7) is 3.94. The number of aryl methyl sites for hydroxylation is 1. The largest absolute Gasteiger partial charge is 0.398 e. The first-order valence-electron chi connectivity index (χ1n) is 5.88. The van der Waals surface area contributed by atoms with Crippen molar-refractivity contribution in [3.63, 3.8) is 0 Å². The van der Waals surface area contributed by atoms with E-state index in [0.29, 0.717) is 15.7 Å². The van der Waals surface area contributed by atoms with Crippen LogP contribution in [-0.4, -0.2) is 8.42 Å². The molecule has 1 heterocycles.